The molecule has 0 spiro atoms. The van der Waals surface area contributed by atoms with Crippen LogP contribution in [0.3, 0.4) is 0 Å². The zero-order valence-electron chi connectivity index (χ0n) is 14.8. The van der Waals surface area contributed by atoms with Crippen molar-refractivity contribution in [1.82, 2.24) is 0 Å². The Balaban J connectivity index is 1.96. The second-order valence-corrected chi connectivity index (χ2v) is 6.51. The predicted molar refractivity (Wildman–Crippen MR) is 84.9 cm³/mol. The highest BCUT2D eigenvalue weighted by Gasteiger charge is 2.49. The van der Waals surface area contributed by atoms with E-state index in [0.717, 1.165) is 12.8 Å². The molecule has 6 heteroatoms. The largest absolute Gasteiger partial charge is 0.394 e. The van der Waals surface area contributed by atoms with Crippen molar-refractivity contribution >= 4 is 0 Å². The molecule has 2 saturated heterocycles. The Labute approximate surface area is 139 Å². The minimum atomic E-state index is -0.759. The Morgan fingerprint density at radius 1 is 0.957 bits per heavy atom. The Bertz CT molecular complexity index is 366. The minimum Gasteiger partial charge on any atom is -0.394 e. The predicted octanol–water partition coefficient (Wildman–Crippen LogP) is 1.96. The average molecular weight is 332 g/mol. The molecule has 2 aliphatic rings. The standard InChI is InChI=1S/C17H32O6/c1-5-16(6-2)20-11-12(21-16)9-13(19)15-14(10-18)22-17(7-3,8-4)23-15/h12-15,18-19H,5-11H2,1-4H3. The molecule has 0 aromatic carbocycles. The third kappa shape index (κ3) is 3.89. The number of hydrogen-bond acceptors (Lipinski definition) is 6. The van der Waals surface area contributed by atoms with E-state index < -0.39 is 29.9 Å². The molecule has 0 aromatic heterocycles. The molecule has 23 heavy (non-hydrogen) atoms. The molecule has 4 atom stereocenters. The van der Waals surface area contributed by atoms with Gasteiger partial charge in [-0.05, 0) is 25.7 Å². The summed E-state index contributed by atoms with van der Waals surface area (Å²) in [6.07, 6.45) is 1.38. The first-order valence-corrected chi connectivity index (χ1v) is 8.93. The van der Waals surface area contributed by atoms with Gasteiger partial charge in [0.1, 0.15) is 12.2 Å². The van der Waals surface area contributed by atoms with E-state index in [4.69, 9.17) is 18.9 Å². The summed E-state index contributed by atoms with van der Waals surface area (Å²) in [4.78, 5) is 0. The summed E-state index contributed by atoms with van der Waals surface area (Å²) < 4.78 is 23.7. The zero-order valence-corrected chi connectivity index (χ0v) is 14.8. The molecule has 6 nitrogen and oxygen atoms in total. The number of aliphatic hydroxyl groups excluding tert-OH is 2. The molecule has 0 radical (unpaired) electrons. The maximum absolute atomic E-state index is 10.6. The fourth-order valence-electron chi connectivity index (χ4n) is 3.50. The van der Waals surface area contributed by atoms with Crippen molar-refractivity contribution in [3.63, 3.8) is 0 Å². The van der Waals surface area contributed by atoms with Crippen molar-refractivity contribution in [1.29, 1.82) is 0 Å². The van der Waals surface area contributed by atoms with Crippen LogP contribution >= 0.6 is 0 Å². The van der Waals surface area contributed by atoms with E-state index >= 15 is 0 Å². The number of hydrogen-bond donors (Lipinski definition) is 2. The van der Waals surface area contributed by atoms with Crippen LogP contribution in [0.2, 0.25) is 0 Å². The molecular weight excluding hydrogens is 300 g/mol. The topological polar surface area (TPSA) is 77.4 Å². The SMILES string of the molecule is CCC1(CC)OCC(CC(O)C2OC(CC)(CC)OC2CO)O1. The van der Waals surface area contributed by atoms with Crippen LogP contribution in [0.5, 0.6) is 0 Å². The van der Waals surface area contributed by atoms with Gasteiger partial charge < -0.3 is 29.2 Å². The van der Waals surface area contributed by atoms with Crippen molar-refractivity contribution in [3.05, 3.63) is 0 Å². The van der Waals surface area contributed by atoms with Gasteiger partial charge in [-0.1, -0.05) is 27.7 Å². The lowest BCUT2D eigenvalue weighted by Crippen LogP contribution is -2.40. The summed E-state index contributed by atoms with van der Waals surface area (Å²) in [5.74, 6) is -1.23. The van der Waals surface area contributed by atoms with Crippen LogP contribution in [0.1, 0.15) is 59.8 Å². The van der Waals surface area contributed by atoms with E-state index in [1.807, 2.05) is 27.7 Å². The summed E-state index contributed by atoms with van der Waals surface area (Å²) in [5, 5.41) is 20.2. The Morgan fingerprint density at radius 2 is 1.57 bits per heavy atom. The van der Waals surface area contributed by atoms with Crippen LogP contribution in [0, 0.1) is 0 Å². The molecule has 136 valence electrons. The molecule has 0 aromatic rings. The zero-order chi connectivity index (χ0) is 17.1. The Morgan fingerprint density at radius 3 is 2.04 bits per heavy atom. The third-order valence-electron chi connectivity index (χ3n) is 5.22. The van der Waals surface area contributed by atoms with Gasteiger partial charge in [0.15, 0.2) is 11.6 Å². The molecule has 0 bridgehead atoms. The molecule has 2 aliphatic heterocycles. The highest BCUT2D eigenvalue weighted by atomic mass is 16.8. The minimum absolute atomic E-state index is 0.161. The molecule has 2 fully saturated rings. The molecule has 0 amide bonds. The quantitative estimate of drug-likeness (QED) is 0.707. The lowest BCUT2D eigenvalue weighted by molar-refractivity contribution is -0.192. The van der Waals surface area contributed by atoms with Gasteiger partial charge in [0.25, 0.3) is 0 Å². The first-order valence-electron chi connectivity index (χ1n) is 8.93. The summed E-state index contributed by atoms with van der Waals surface area (Å²) in [5.41, 5.74) is 0. The lowest BCUT2D eigenvalue weighted by atomic mass is 10.0. The lowest BCUT2D eigenvalue weighted by Gasteiger charge is -2.27. The fraction of sp³-hybridized carbons (Fsp3) is 1.00. The van der Waals surface area contributed by atoms with E-state index in [-0.39, 0.29) is 12.7 Å². The molecule has 2 heterocycles. The van der Waals surface area contributed by atoms with Gasteiger partial charge in [0.2, 0.25) is 0 Å². The van der Waals surface area contributed by atoms with Gasteiger partial charge in [-0.15, -0.1) is 0 Å². The fourth-order valence-corrected chi connectivity index (χ4v) is 3.50. The van der Waals surface area contributed by atoms with Crippen LogP contribution in [-0.4, -0.2) is 59.4 Å². The molecule has 0 aliphatic carbocycles. The third-order valence-corrected chi connectivity index (χ3v) is 5.22. The van der Waals surface area contributed by atoms with Gasteiger partial charge in [0.05, 0.1) is 25.4 Å². The highest BCUT2D eigenvalue weighted by Crippen LogP contribution is 2.38. The molecule has 0 saturated carbocycles. The van der Waals surface area contributed by atoms with E-state index in [1.165, 1.54) is 0 Å². The van der Waals surface area contributed by atoms with Crippen molar-refractivity contribution in [2.24, 2.45) is 0 Å². The second-order valence-electron chi connectivity index (χ2n) is 6.51. The van der Waals surface area contributed by atoms with Crippen molar-refractivity contribution in [2.75, 3.05) is 13.2 Å². The number of aliphatic hydroxyl groups is 2. The first kappa shape index (κ1) is 19.1. The maximum Gasteiger partial charge on any atom is 0.169 e. The molecule has 2 N–H and O–H groups in total. The molecule has 2 rings (SSSR count). The smallest absolute Gasteiger partial charge is 0.169 e. The van der Waals surface area contributed by atoms with E-state index in [1.54, 1.807) is 0 Å². The summed E-state index contributed by atoms with van der Waals surface area (Å²) >= 11 is 0. The van der Waals surface area contributed by atoms with Crippen LogP contribution in [0.15, 0.2) is 0 Å². The van der Waals surface area contributed by atoms with Crippen LogP contribution < -0.4 is 0 Å². The van der Waals surface area contributed by atoms with Crippen LogP contribution in [0.25, 0.3) is 0 Å². The van der Waals surface area contributed by atoms with Gasteiger partial charge in [0, 0.05) is 6.42 Å². The number of rotatable bonds is 8. The highest BCUT2D eigenvalue weighted by molar-refractivity contribution is 4.91. The van der Waals surface area contributed by atoms with Gasteiger partial charge in [-0.25, -0.2) is 0 Å². The molecule has 4 unspecified atom stereocenters. The van der Waals surface area contributed by atoms with Gasteiger partial charge >= 0.3 is 0 Å². The first-order chi connectivity index (χ1) is 11.0. The summed E-state index contributed by atoms with van der Waals surface area (Å²) in [6, 6.07) is 0. The van der Waals surface area contributed by atoms with E-state index in [9.17, 15) is 10.2 Å². The van der Waals surface area contributed by atoms with Crippen molar-refractivity contribution in [2.45, 2.75) is 95.8 Å². The normalized spacial score (nSPS) is 33.9. The van der Waals surface area contributed by atoms with Gasteiger partial charge in [-0.3, -0.25) is 0 Å². The summed E-state index contributed by atoms with van der Waals surface area (Å²) in [6.45, 7) is 8.35. The van der Waals surface area contributed by atoms with Gasteiger partial charge in [-0.2, -0.15) is 0 Å². The van der Waals surface area contributed by atoms with E-state index in [0.29, 0.717) is 25.9 Å². The maximum atomic E-state index is 10.6. The average Bonchev–Trinajstić information content (AvgIpc) is 3.17. The second kappa shape index (κ2) is 7.76. The van der Waals surface area contributed by atoms with Crippen LogP contribution in [0.4, 0.5) is 0 Å². The Hall–Kier alpha value is -0.240. The van der Waals surface area contributed by atoms with Crippen molar-refractivity contribution < 1.29 is 29.2 Å². The summed E-state index contributed by atoms with van der Waals surface area (Å²) in [7, 11) is 0. The van der Waals surface area contributed by atoms with Crippen LogP contribution in [-0.2, 0) is 18.9 Å². The number of ether oxygens (including phenoxy) is 4. The Kier molecular flexibility index (Phi) is 6.44. The van der Waals surface area contributed by atoms with E-state index in [2.05, 4.69) is 0 Å². The monoisotopic (exact) mass is 332 g/mol. The molecular formula is C17H32O6. The van der Waals surface area contributed by atoms with Crippen molar-refractivity contribution in [3.8, 4) is 0 Å².